The number of carbonyl (C=O) groups excluding carboxylic acids is 1. The first-order valence-electron chi connectivity index (χ1n) is 8.24. The van der Waals surface area contributed by atoms with Gasteiger partial charge in [-0.25, -0.2) is 0 Å². The van der Waals surface area contributed by atoms with E-state index in [1.165, 1.54) is 0 Å². The molecular weight excluding hydrogens is 350 g/mol. The molecule has 0 bridgehead atoms. The van der Waals surface area contributed by atoms with Crippen LogP contribution in [0.2, 0.25) is 0 Å². The average molecular weight is 369 g/mol. The number of nitrogens with one attached hydrogen (secondary N) is 1. The van der Waals surface area contributed by atoms with Crippen molar-refractivity contribution in [1.29, 1.82) is 0 Å². The minimum Gasteiger partial charge on any atom is -0.489 e. The van der Waals surface area contributed by atoms with E-state index in [0.29, 0.717) is 49.0 Å². The maximum absolute atomic E-state index is 12.1. The fourth-order valence-electron chi connectivity index (χ4n) is 2.30. The van der Waals surface area contributed by atoms with Crippen molar-refractivity contribution in [1.82, 2.24) is 10.1 Å². The zero-order chi connectivity index (χ0) is 18.2. The normalized spacial score (nSPS) is 10.5. The molecule has 1 amide bonds. The van der Waals surface area contributed by atoms with Crippen molar-refractivity contribution in [2.45, 2.75) is 19.3 Å². The number of aryl methyl sites for hydroxylation is 1. The third kappa shape index (κ3) is 5.03. The maximum atomic E-state index is 12.1. The Kier molecular flexibility index (Phi) is 6.16. The van der Waals surface area contributed by atoms with Gasteiger partial charge in [-0.05, 0) is 30.0 Å². The lowest BCUT2D eigenvalue weighted by Crippen LogP contribution is -2.11. The smallest absolute Gasteiger partial charge is 0.226 e. The maximum Gasteiger partial charge on any atom is 0.226 e. The monoisotopic (exact) mass is 369 g/mol. The topological polar surface area (TPSA) is 77.2 Å². The van der Waals surface area contributed by atoms with Gasteiger partial charge in [-0.2, -0.15) is 4.98 Å². The summed E-state index contributed by atoms with van der Waals surface area (Å²) in [6.45, 7) is 4.04. The van der Waals surface area contributed by atoms with E-state index in [4.69, 9.17) is 9.26 Å². The molecule has 2 heterocycles. The summed E-state index contributed by atoms with van der Waals surface area (Å²) in [5.41, 5.74) is 0.703. The van der Waals surface area contributed by atoms with E-state index in [1.807, 2.05) is 35.7 Å². The Morgan fingerprint density at radius 1 is 1.35 bits per heavy atom. The van der Waals surface area contributed by atoms with Crippen molar-refractivity contribution in [3.8, 4) is 16.5 Å². The number of hydrogen-bond acceptors (Lipinski definition) is 6. The molecule has 3 rings (SSSR count). The molecule has 0 aliphatic carbocycles. The molecule has 0 saturated heterocycles. The molecule has 0 spiro atoms. The summed E-state index contributed by atoms with van der Waals surface area (Å²) in [5.74, 6) is 1.76. The lowest BCUT2D eigenvalue weighted by Gasteiger charge is -2.07. The van der Waals surface area contributed by atoms with Gasteiger partial charge in [0.05, 0.1) is 4.88 Å². The molecule has 7 heteroatoms. The minimum atomic E-state index is -0.0659. The van der Waals surface area contributed by atoms with Crippen LogP contribution in [0.3, 0.4) is 0 Å². The Morgan fingerprint density at radius 3 is 3.08 bits per heavy atom. The number of anilines is 1. The van der Waals surface area contributed by atoms with Crippen molar-refractivity contribution in [2.75, 3.05) is 11.9 Å². The number of amides is 1. The highest BCUT2D eigenvalue weighted by molar-refractivity contribution is 7.13. The lowest BCUT2D eigenvalue weighted by atomic mass is 10.2. The quantitative estimate of drug-likeness (QED) is 0.568. The number of benzene rings is 1. The van der Waals surface area contributed by atoms with Crippen LogP contribution in [0.5, 0.6) is 5.75 Å². The predicted molar refractivity (Wildman–Crippen MR) is 101 cm³/mol. The van der Waals surface area contributed by atoms with Gasteiger partial charge in [-0.15, -0.1) is 11.3 Å². The molecule has 0 aliphatic heterocycles. The van der Waals surface area contributed by atoms with Gasteiger partial charge in [0, 0.05) is 24.6 Å². The first-order chi connectivity index (χ1) is 12.7. The first-order valence-corrected chi connectivity index (χ1v) is 9.12. The van der Waals surface area contributed by atoms with E-state index in [0.717, 1.165) is 4.88 Å². The van der Waals surface area contributed by atoms with E-state index in [1.54, 1.807) is 23.5 Å². The fourth-order valence-corrected chi connectivity index (χ4v) is 2.95. The van der Waals surface area contributed by atoms with Crippen LogP contribution in [0.4, 0.5) is 5.69 Å². The van der Waals surface area contributed by atoms with E-state index < -0.39 is 0 Å². The molecule has 1 aromatic carbocycles. The van der Waals surface area contributed by atoms with Crippen LogP contribution in [-0.4, -0.2) is 22.7 Å². The van der Waals surface area contributed by atoms with Crippen molar-refractivity contribution >= 4 is 22.9 Å². The van der Waals surface area contributed by atoms with E-state index in [9.17, 15) is 4.79 Å². The van der Waals surface area contributed by atoms with Crippen LogP contribution in [0.25, 0.3) is 10.7 Å². The van der Waals surface area contributed by atoms with Crippen molar-refractivity contribution in [3.63, 3.8) is 0 Å². The molecule has 26 heavy (non-hydrogen) atoms. The highest BCUT2D eigenvalue weighted by Gasteiger charge is 2.10. The molecule has 0 atom stereocenters. The summed E-state index contributed by atoms with van der Waals surface area (Å²) >= 11 is 1.56. The highest BCUT2D eigenvalue weighted by Crippen LogP contribution is 2.22. The second-order valence-corrected chi connectivity index (χ2v) is 6.47. The number of thiophene rings is 1. The van der Waals surface area contributed by atoms with Gasteiger partial charge in [0.15, 0.2) is 0 Å². The summed E-state index contributed by atoms with van der Waals surface area (Å²) in [6.07, 6.45) is 3.24. The van der Waals surface area contributed by atoms with Crippen LogP contribution in [0.1, 0.15) is 18.7 Å². The van der Waals surface area contributed by atoms with Crippen molar-refractivity contribution < 1.29 is 14.1 Å². The number of ether oxygens (including phenoxy) is 1. The zero-order valence-corrected chi connectivity index (χ0v) is 15.0. The van der Waals surface area contributed by atoms with Gasteiger partial charge in [-0.1, -0.05) is 29.9 Å². The number of rotatable bonds is 9. The van der Waals surface area contributed by atoms with E-state index in [-0.39, 0.29) is 5.91 Å². The number of nitrogens with zero attached hydrogens (tertiary/aromatic N) is 2. The van der Waals surface area contributed by atoms with Gasteiger partial charge >= 0.3 is 0 Å². The lowest BCUT2D eigenvalue weighted by molar-refractivity contribution is -0.116. The second kappa shape index (κ2) is 8.96. The Morgan fingerprint density at radius 2 is 2.27 bits per heavy atom. The van der Waals surface area contributed by atoms with Crippen molar-refractivity contribution in [3.05, 3.63) is 60.3 Å². The summed E-state index contributed by atoms with van der Waals surface area (Å²) < 4.78 is 10.7. The number of carbonyl (C=O) groups is 1. The van der Waals surface area contributed by atoms with Gasteiger partial charge < -0.3 is 14.6 Å². The average Bonchev–Trinajstić information content (AvgIpc) is 3.32. The molecule has 2 aromatic heterocycles. The summed E-state index contributed by atoms with van der Waals surface area (Å²) in [4.78, 5) is 17.4. The Hall–Kier alpha value is -2.93. The molecule has 0 fully saturated rings. The van der Waals surface area contributed by atoms with Crippen LogP contribution in [0, 0.1) is 0 Å². The fraction of sp³-hybridized carbons (Fsp3) is 0.211. The number of hydrogen-bond donors (Lipinski definition) is 1. The zero-order valence-electron chi connectivity index (χ0n) is 14.2. The molecule has 0 radical (unpaired) electrons. The third-order valence-corrected chi connectivity index (χ3v) is 4.36. The van der Waals surface area contributed by atoms with E-state index >= 15 is 0 Å². The Labute approximate surface area is 155 Å². The molecule has 0 unspecified atom stereocenters. The molecule has 0 saturated carbocycles. The Bertz CT molecular complexity index is 859. The Balaban J connectivity index is 1.45. The van der Waals surface area contributed by atoms with E-state index in [2.05, 4.69) is 22.0 Å². The minimum absolute atomic E-state index is 0.0659. The van der Waals surface area contributed by atoms with Crippen LogP contribution in [-0.2, 0) is 11.2 Å². The predicted octanol–water partition coefficient (Wildman–Crippen LogP) is 4.32. The molecule has 1 N–H and O–H groups in total. The van der Waals surface area contributed by atoms with Crippen LogP contribution in [0.15, 0.2) is 59.0 Å². The summed E-state index contributed by atoms with van der Waals surface area (Å²) in [5, 5.41) is 8.79. The molecule has 3 aromatic rings. The van der Waals surface area contributed by atoms with Crippen LogP contribution < -0.4 is 10.1 Å². The van der Waals surface area contributed by atoms with Crippen molar-refractivity contribution in [2.24, 2.45) is 0 Å². The van der Waals surface area contributed by atoms with Gasteiger partial charge in [0.25, 0.3) is 0 Å². The molecule has 0 aliphatic rings. The third-order valence-electron chi connectivity index (χ3n) is 3.49. The van der Waals surface area contributed by atoms with Gasteiger partial charge in [0.2, 0.25) is 17.6 Å². The largest absolute Gasteiger partial charge is 0.489 e. The molecule has 6 nitrogen and oxygen atoms in total. The standard InChI is InChI=1S/C19H19N3O3S/c1-2-11-24-15-7-3-6-14(13-15)20-17(23)9-4-10-18-21-19(22-25-18)16-8-5-12-26-16/h2-3,5-8,12-13H,1,4,9-11H2,(H,20,23). The first kappa shape index (κ1) is 17.9. The molecule has 134 valence electrons. The van der Waals surface area contributed by atoms with Gasteiger partial charge in [-0.3, -0.25) is 4.79 Å². The molecular formula is C19H19N3O3S. The highest BCUT2D eigenvalue weighted by atomic mass is 32.1. The SMILES string of the molecule is C=CCOc1cccc(NC(=O)CCCc2nc(-c3cccs3)no2)c1. The number of aromatic nitrogens is 2. The van der Waals surface area contributed by atoms with Crippen LogP contribution >= 0.6 is 11.3 Å². The second-order valence-electron chi connectivity index (χ2n) is 5.52. The van der Waals surface area contributed by atoms with Gasteiger partial charge in [0.1, 0.15) is 12.4 Å². The summed E-state index contributed by atoms with van der Waals surface area (Å²) in [6, 6.07) is 11.2. The summed E-state index contributed by atoms with van der Waals surface area (Å²) in [7, 11) is 0.